The maximum absolute atomic E-state index is 5.86. The zero-order chi connectivity index (χ0) is 10.1. The molecule has 2 N–H and O–H groups in total. The van der Waals surface area contributed by atoms with E-state index >= 15 is 0 Å². The first kappa shape index (κ1) is 10.3. The SMILES string of the molecule is CSc1cc(N)cc2c(CBr)csc12. The van der Waals surface area contributed by atoms with Gasteiger partial charge < -0.3 is 5.73 Å². The van der Waals surface area contributed by atoms with Crippen LogP contribution in [-0.4, -0.2) is 6.26 Å². The minimum absolute atomic E-state index is 0.849. The van der Waals surface area contributed by atoms with E-state index in [-0.39, 0.29) is 0 Å². The number of nitrogen functional groups attached to an aromatic ring is 1. The first-order valence-electron chi connectivity index (χ1n) is 4.16. The van der Waals surface area contributed by atoms with Crippen molar-refractivity contribution < 1.29 is 0 Å². The van der Waals surface area contributed by atoms with Crippen LogP contribution in [0.15, 0.2) is 22.4 Å². The molecule has 0 bridgehead atoms. The largest absolute Gasteiger partial charge is 0.399 e. The summed E-state index contributed by atoms with van der Waals surface area (Å²) in [4.78, 5) is 1.28. The van der Waals surface area contributed by atoms with Gasteiger partial charge in [-0.1, -0.05) is 15.9 Å². The third-order valence-electron chi connectivity index (χ3n) is 2.11. The van der Waals surface area contributed by atoms with Crippen LogP contribution in [0.3, 0.4) is 0 Å². The lowest BCUT2D eigenvalue weighted by atomic mass is 10.2. The molecular weight excluding hydrogens is 278 g/mol. The van der Waals surface area contributed by atoms with Gasteiger partial charge >= 0.3 is 0 Å². The summed E-state index contributed by atoms with van der Waals surface area (Å²) in [6.07, 6.45) is 2.09. The van der Waals surface area contributed by atoms with Crippen LogP contribution < -0.4 is 5.73 Å². The molecule has 1 nitrogen and oxygen atoms in total. The average Bonchev–Trinajstić information content (AvgIpc) is 2.59. The molecule has 2 aromatic rings. The van der Waals surface area contributed by atoms with E-state index in [2.05, 4.69) is 33.6 Å². The van der Waals surface area contributed by atoms with Gasteiger partial charge in [-0.15, -0.1) is 23.1 Å². The number of anilines is 1. The van der Waals surface area contributed by atoms with E-state index in [1.807, 2.05) is 6.07 Å². The van der Waals surface area contributed by atoms with E-state index in [1.54, 1.807) is 23.1 Å². The van der Waals surface area contributed by atoms with Gasteiger partial charge in [0, 0.05) is 20.6 Å². The highest BCUT2D eigenvalue weighted by Gasteiger charge is 2.07. The highest BCUT2D eigenvalue weighted by Crippen LogP contribution is 2.36. The van der Waals surface area contributed by atoms with Crippen LogP contribution in [-0.2, 0) is 5.33 Å². The number of hydrogen-bond acceptors (Lipinski definition) is 3. The van der Waals surface area contributed by atoms with Crippen molar-refractivity contribution in [3.8, 4) is 0 Å². The smallest absolute Gasteiger partial charge is 0.0483 e. The Hall–Kier alpha value is -0.190. The van der Waals surface area contributed by atoms with Gasteiger partial charge in [0.15, 0.2) is 0 Å². The van der Waals surface area contributed by atoms with Crippen LogP contribution in [0.1, 0.15) is 5.56 Å². The Bertz CT molecular complexity index is 464. The van der Waals surface area contributed by atoms with E-state index in [9.17, 15) is 0 Å². The Morgan fingerprint density at radius 2 is 2.29 bits per heavy atom. The third kappa shape index (κ3) is 1.66. The predicted molar refractivity (Wildman–Crippen MR) is 70.6 cm³/mol. The fourth-order valence-corrected chi connectivity index (χ4v) is 4.02. The number of benzene rings is 1. The van der Waals surface area contributed by atoms with Crippen molar-refractivity contribution in [3.05, 3.63) is 23.1 Å². The lowest BCUT2D eigenvalue weighted by molar-refractivity contribution is 1.52. The van der Waals surface area contributed by atoms with Gasteiger partial charge in [-0.05, 0) is 34.7 Å². The highest BCUT2D eigenvalue weighted by atomic mass is 79.9. The second-order valence-electron chi connectivity index (χ2n) is 2.99. The van der Waals surface area contributed by atoms with Gasteiger partial charge in [-0.2, -0.15) is 0 Å². The maximum atomic E-state index is 5.86. The number of rotatable bonds is 2. The summed E-state index contributed by atoms with van der Waals surface area (Å²) < 4.78 is 1.35. The number of thiophene rings is 1. The van der Waals surface area contributed by atoms with Gasteiger partial charge in [0.1, 0.15) is 0 Å². The molecule has 1 aromatic heterocycles. The average molecular weight is 288 g/mol. The summed E-state index contributed by atoms with van der Waals surface area (Å²) in [5.74, 6) is 0. The molecule has 14 heavy (non-hydrogen) atoms. The molecule has 0 aliphatic heterocycles. The number of thioether (sulfide) groups is 1. The van der Waals surface area contributed by atoms with Crippen LogP contribution in [0.5, 0.6) is 0 Å². The summed E-state index contributed by atoms with van der Waals surface area (Å²) in [5, 5.41) is 4.37. The van der Waals surface area contributed by atoms with Crippen molar-refractivity contribution in [3.63, 3.8) is 0 Å². The summed E-state index contributed by atoms with van der Waals surface area (Å²) in [7, 11) is 0. The Balaban J connectivity index is 2.76. The molecular formula is C10H10BrNS2. The quantitative estimate of drug-likeness (QED) is 0.511. The van der Waals surface area contributed by atoms with Crippen molar-refractivity contribution in [2.45, 2.75) is 10.2 Å². The monoisotopic (exact) mass is 287 g/mol. The second kappa shape index (κ2) is 4.13. The van der Waals surface area contributed by atoms with Crippen LogP contribution >= 0.6 is 39.0 Å². The zero-order valence-electron chi connectivity index (χ0n) is 7.71. The molecule has 0 unspecified atom stereocenters. The topological polar surface area (TPSA) is 26.0 Å². The molecule has 0 fully saturated rings. The minimum Gasteiger partial charge on any atom is -0.399 e. The molecule has 0 aliphatic rings. The van der Waals surface area contributed by atoms with Crippen LogP contribution in [0, 0.1) is 0 Å². The summed E-state index contributed by atoms with van der Waals surface area (Å²) in [5.41, 5.74) is 8.04. The van der Waals surface area contributed by atoms with Gasteiger partial charge in [0.25, 0.3) is 0 Å². The Labute approximate surface area is 99.8 Å². The molecule has 0 spiro atoms. The van der Waals surface area contributed by atoms with E-state index < -0.39 is 0 Å². The van der Waals surface area contributed by atoms with Crippen LogP contribution in [0.2, 0.25) is 0 Å². The molecule has 0 atom stereocenters. The number of halogens is 1. The Morgan fingerprint density at radius 3 is 2.93 bits per heavy atom. The molecule has 4 heteroatoms. The lowest BCUT2D eigenvalue weighted by Crippen LogP contribution is -1.85. The van der Waals surface area contributed by atoms with Gasteiger partial charge in [0.2, 0.25) is 0 Å². The number of nitrogens with two attached hydrogens (primary N) is 1. The fraction of sp³-hybridized carbons (Fsp3) is 0.200. The van der Waals surface area contributed by atoms with Gasteiger partial charge in [0.05, 0.1) is 0 Å². The first-order valence-corrected chi connectivity index (χ1v) is 7.38. The maximum Gasteiger partial charge on any atom is 0.0483 e. The predicted octanol–water partition coefficient (Wildman–Crippen LogP) is 4.10. The molecule has 0 radical (unpaired) electrons. The highest BCUT2D eigenvalue weighted by molar-refractivity contribution is 9.08. The fourth-order valence-electron chi connectivity index (χ4n) is 1.43. The number of hydrogen-bond donors (Lipinski definition) is 1. The van der Waals surface area contributed by atoms with E-state index in [0.29, 0.717) is 0 Å². The molecule has 0 aliphatic carbocycles. The van der Waals surface area contributed by atoms with Crippen LogP contribution in [0.25, 0.3) is 10.1 Å². The normalized spacial score (nSPS) is 11.0. The molecule has 2 rings (SSSR count). The minimum atomic E-state index is 0.849. The van der Waals surface area contributed by atoms with Crippen molar-refractivity contribution >= 4 is 54.8 Å². The lowest BCUT2D eigenvalue weighted by Gasteiger charge is -2.02. The number of fused-ring (bicyclic) bond motifs is 1. The molecule has 1 heterocycles. The summed E-state index contributed by atoms with van der Waals surface area (Å²) in [6.45, 7) is 0. The first-order chi connectivity index (χ1) is 6.76. The van der Waals surface area contributed by atoms with Gasteiger partial charge in [-0.25, -0.2) is 0 Å². The summed E-state index contributed by atoms with van der Waals surface area (Å²) >= 11 is 7.03. The number of alkyl halides is 1. The van der Waals surface area contributed by atoms with Crippen molar-refractivity contribution in [2.24, 2.45) is 0 Å². The van der Waals surface area contributed by atoms with Crippen LogP contribution in [0.4, 0.5) is 5.69 Å². The molecule has 0 saturated heterocycles. The van der Waals surface area contributed by atoms with E-state index in [0.717, 1.165) is 11.0 Å². The molecule has 0 saturated carbocycles. The third-order valence-corrected chi connectivity index (χ3v) is 4.68. The molecule has 74 valence electrons. The Morgan fingerprint density at radius 1 is 1.50 bits per heavy atom. The van der Waals surface area contributed by atoms with Gasteiger partial charge in [-0.3, -0.25) is 0 Å². The van der Waals surface area contributed by atoms with E-state index in [4.69, 9.17) is 5.73 Å². The summed E-state index contributed by atoms with van der Waals surface area (Å²) in [6, 6.07) is 4.10. The van der Waals surface area contributed by atoms with Crippen molar-refractivity contribution in [1.82, 2.24) is 0 Å². The molecule has 1 aromatic carbocycles. The standard InChI is InChI=1S/C10H10BrNS2/c1-13-9-3-7(12)2-8-6(4-11)5-14-10(8)9/h2-3,5H,4,12H2,1H3. The second-order valence-corrected chi connectivity index (χ2v) is 5.28. The van der Waals surface area contributed by atoms with E-state index in [1.165, 1.54) is 20.5 Å². The zero-order valence-corrected chi connectivity index (χ0v) is 10.9. The Kier molecular flexibility index (Phi) is 3.04. The van der Waals surface area contributed by atoms with Crippen molar-refractivity contribution in [1.29, 1.82) is 0 Å². The molecule has 0 amide bonds. The van der Waals surface area contributed by atoms with Crippen molar-refractivity contribution in [2.75, 3.05) is 12.0 Å².